The Balaban J connectivity index is 1.96. The van der Waals surface area contributed by atoms with Gasteiger partial charge >= 0.3 is 0 Å². The Kier molecular flexibility index (Phi) is 3.64. The second kappa shape index (κ2) is 5.02. The van der Waals surface area contributed by atoms with Gasteiger partial charge in [0.1, 0.15) is 0 Å². The summed E-state index contributed by atoms with van der Waals surface area (Å²) in [4.78, 5) is 15.7. The molecule has 1 aliphatic rings. The Morgan fingerprint density at radius 2 is 2.24 bits per heavy atom. The van der Waals surface area contributed by atoms with Crippen LogP contribution in [0.5, 0.6) is 0 Å². The smallest absolute Gasteiger partial charge is 0.254 e. The maximum atomic E-state index is 11.8. The van der Waals surface area contributed by atoms with Crippen LogP contribution < -0.4 is 5.32 Å². The molecule has 0 bridgehead atoms. The van der Waals surface area contributed by atoms with Crippen LogP contribution in [-0.4, -0.2) is 28.1 Å². The van der Waals surface area contributed by atoms with Gasteiger partial charge in [0.15, 0.2) is 0 Å². The van der Waals surface area contributed by atoms with Crippen LogP contribution in [0.1, 0.15) is 36.0 Å². The molecule has 0 spiro atoms. The van der Waals surface area contributed by atoms with Gasteiger partial charge in [0.25, 0.3) is 5.91 Å². The fraction of sp³-hybridized carbons (Fsp3) is 0.500. The minimum Gasteiger partial charge on any atom is -0.388 e. The van der Waals surface area contributed by atoms with Crippen molar-refractivity contribution in [2.24, 2.45) is 0 Å². The minimum absolute atomic E-state index is 0.275. The number of nitrogens with zero attached hydrogens (tertiary/aromatic N) is 1. The van der Waals surface area contributed by atoms with Crippen LogP contribution in [0.2, 0.25) is 5.02 Å². The molecule has 2 N–H and O–H groups in total. The Bertz CT molecular complexity index is 417. The average molecular weight is 255 g/mol. The van der Waals surface area contributed by atoms with E-state index < -0.39 is 5.60 Å². The molecule has 1 aromatic rings. The van der Waals surface area contributed by atoms with E-state index in [1.807, 2.05) is 0 Å². The quantitative estimate of drug-likeness (QED) is 0.864. The summed E-state index contributed by atoms with van der Waals surface area (Å²) in [6.07, 6.45) is 6.47. The van der Waals surface area contributed by atoms with E-state index >= 15 is 0 Å². The molecule has 1 saturated carbocycles. The third-order valence-electron chi connectivity index (χ3n) is 3.12. The van der Waals surface area contributed by atoms with Crippen molar-refractivity contribution in [3.63, 3.8) is 0 Å². The SMILES string of the molecule is O=C(NCC1(O)CCCC1)c1cnccc1Cl. The molecule has 4 nitrogen and oxygen atoms in total. The number of hydrogen-bond donors (Lipinski definition) is 2. The molecule has 92 valence electrons. The van der Waals surface area contributed by atoms with Crippen LogP contribution in [0.15, 0.2) is 18.5 Å². The van der Waals surface area contributed by atoms with Crippen LogP contribution >= 0.6 is 11.6 Å². The van der Waals surface area contributed by atoms with E-state index in [0.29, 0.717) is 10.6 Å². The van der Waals surface area contributed by atoms with E-state index in [9.17, 15) is 9.90 Å². The Morgan fingerprint density at radius 1 is 1.53 bits per heavy atom. The number of carbonyl (C=O) groups excluding carboxylic acids is 1. The van der Waals surface area contributed by atoms with Crippen molar-refractivity contribution in [2.45, 2.75) is 31.3 Å². The van der Waals surface area contributed by atoms with Crippen molar-refractivity contribution < 1.29 is 9.90 Å². The zero-order valence-corrected chi connectivity index (χ0v) is 10.2. The zero-order chi connectivity index (χ0) is 12.3. The lowest BCUT2D eigenvalue weighted by molar-refractivity contribution is 0.0449. The van der Waals surface area contributed by atoms with Gasteiger partial charge in [0.05, 0.1) is 16.2 Å². The first-order valence-electron chi connectivity index (χ1n) is 5.71. The lowest BCUT2D eigenvalue weighted by Crippen LogP contribution is -2.40. The summed E-state index contributed by atoms with van der Waals surface area (Å²) in [6, 6.07) is 1.57. The molecular formula is C12H15ClN2O2. The largest absolute Gasteiger partial charge is 0.388 e. The van der Waals surface area contributed by atoms with E-state index in [1.54, 1.807) is 6.07 Å². The molecule has 0 saturated heterocycles. The van der Waals surface area contributed by atoms with Crippen LogP contribution in [0, 0.1) is 0 Å². The number of hydrogen-bond acceptors (Lipinski definition) is 3. The Morgan fingerprint density at radius 3 is 2.88 bits per heavy atom. The van der Waals surface area contributed by atoms with Crippen LogP contribution in [0.4, 0.5) is 0 Å². The highest BCUT2D eigenvalue weighted by Crippen LogP contribution is 2.28. The molecule has 1 aliphatic carbocycles. The lowest BCUT2D eigenvalue weighted by Gasteiger charge is -2.22. The molecule has 2 rings (SSSR count). The second-order valence-corrected chi connectivity index (χ2v) is 4.88. The first-order chi connectivity index (χ1) is 8.11. The zero-order valence-electron chi connectivity index (χ0n) is 9.45. The van der Waals surface area contributed by atoms with Crippen molar-refractivity contribution in [2.75, 3.05) is 6.54 Å². The molecule has 1 heterocycles. The number of carbonyl (C=O) groups is 1. The highest BCUT2D eigenvalue weighted by molar-refractivity contribution is 6.33. The number of halogens is 1. The van der Waals surface area contributed by atoms with Crippen LogP contribution in [0.3, 0.4) is 0 Å². The minimum atomic E-state index is -0.746. The Labute approximate surface area is 105 Å². The molecule has 17 heavy (non-hydrogen) atoms. The van der Waals surface area contributed by atoms with Gasteiger partial charge in [0, 0.05) is 18.9 Å². The summed E-state index contributed by atoms with van der Waals surface area (Å²) < 4.78 is 0. The number of pyridine rings is 1. The average Bonchev–Trinajstić information content (AvgIpc) is 2.74. The topological polar surface area (TPSA) is 62.2 Å². The third-order valence-corrected chi connectivity index (χ3v) is 3.45. The van der Waals surface area contributed by atoms with Gasteiger partial charge in [-0.05, 0) is 18.9 Å². The summed E-state index contributed by atoms with van der Waals surface area (Å²) in [5.41, 5.74) is -0.402. The lowest BCUT2D eigenvalue weighted by atomic mass is 10.0. The normalized spacial score (nSPS) is 18.0. The van der Waals surface area contributed by atoms with Gasteiger partial charge in [-0.15, -0.1) is 0 Å². The van der Waals surface area contributed by atoms with Gasteiger partial charge in [-0.25, -0.2) is 0 Å². The summed E-state index contributed by atoms with van der Waals surface area (Å²) >= 11 is 5.89. The fourth-order valence-electron chi connectivity index (χ4n) is 2.09. The van der Waals surface area contributed by atoms with E-state index in [1.165, 1.54) is 12.4 Å². The maximum Gasteiger partial charge on any atom is 0.254 e. The summed E-state index contributed by atoms with van der Waals surface area (Å²) in [6.45, 7) is 0.275. The first-order valence-corrected chi connectivity index (χ1v) is 6.09. The van der Waals surface area contributed by atoms with E-state index in [0.717, 1.165) is 25.7 Å². The molecule has 1 fully saturated rings. The molecule has 0 radical (unpaired) electrons. The number of aliphatic hydroxyl groups is 1. The first kappa shape index (κ1) is 12.3. The second-order valence-electron chi connectivity index (χ2n) is 4.47. The number of nitrogens with one attached hydrogen (secondary N) is 1. The molecule has 0 aliphatic heterocycles. The van der Waals surface area contributed by atoms with Crippen LogP contribution in [0.25, 0.3) is 0 Å². The molecule has 1 amide bonds. The molecule has 0 atom stereocenters. The van der Waals surface area contributed by atoms with Gasteiger partial charge in [0.2, 0.25) is 0 Å². The Hall–Kier alpha value is -1.13. The molecular weight excluding hydrogens is 240 g/mol. The van der Waals surface area contributed by atoms with Gasteiger partial charge < -0.3 is 10.4 Å². The standard InChI is InChI=1S/C12H15ClN2O2/c13-10-3-6-14-7-9(10)11(16)15-8-12(17)4-1-2-5-12/h3,6-7,17H,1-2,4-5,8H2,(H,15,16). The molecule has 5 heteroatoms. The predicted molar refractivity (Wildman–Crippen MR) is 65.0 cm³/mol. The summed E-state index contributed by atoms with van der Waals surface area (Å²) in [7, 11) is 0. The monoisotopic (exact) mass is 254 g/mol. The third kappa shape index (κ3) is 2.96. The summed E-state index contributed by atoms with van der Waals surface area (Å²) in [5.74, 6) is -0.288. The van der Waals surface area contributed by atoms with Crippen molar-refractivity contribution >= 4 is 17.5 Å². The molecule has 0 aromatic carbocycles. The molecule has 1 aromatic heterocycles. The van der Waals surface area contributed by atoms with Gasteiger partial charge in [-0.3, -0.25) is 9.78 Å². The van der Waals surface area contributed by atoms with Gasteiger partial charge in [-0.2, -0.15) is 0 Å². The maximum absolute atomic E-state index is 11.8. The van der Waals surface area contributed by atoms with Crippen molar-refractivity contribution in [1.29, 1.82) is 0 Å². The molecule has 0 unspecified atom stereocenters. The fourth-order valence-corrected chi connectivity index (χ4v) is 2.29. The highest BCUT2D eigenvalue weighted by Gasteiger charge is 2.31. The highest BCUT2D eigenvalue weighted by atomic mass is 35.5. The number of amides is 1. The van der Waals surface area contributed by atoms with E-state index in [-0.39, 0.29) is 12.5 Å². The van der Waals surface area contributed by atoms with E-state index in [4.69, 9.17) is 11.6 Å². The van der Waals surface area contributed by atoms with Crippen molar-refractivity contribution in [3.05, 3.63) is 29.0 Å². The van der Waals surface area contributed by atoms with Crippen molar-refractivity contribution in [3.8, 4) is 0 Å². The number of aromatic nitrogens is 1. The predicted octanol–water partition coefficient (Wildman–Crippen LogP) is 1.77. The van der Waals surface area contributed by atoms with E-state index in [2.05, 4.69) is 10.3 Å². The number of rotatable bonds is 3. The van der Waals surface area contributed by atoms with Gasteiger partial charge in [-0.1, -0.05) is 24.4 Å². The van der Waals surface area contributed by atoms with Crippen LogP contribution in [-0.2, 0) is 0 Å². The van der Waals surface area contributed by atoms with Crippen molar-refractivity contribution in [1.82, 2.24) is 10.3 Å². The summed E-state index contributed by atoms with van der Waals surface area (Å²) in [5, 5.41) is 13.2.